The summed E-state index contributed by atoms with van der Waals surface area (Å²) in [5, 5.41) is 10.2. The van der Waals surface area contributed by atoms with E-state index in [0.717, 1.165) is 15.7 Å². The fourth-order valence-corrected chi connectivity index (χ4v) is 2.89. The third kappa shape index (κ3) is 3.83. The average molecular weight is 364 g/mol. The van der Waals surface area contributed by atoms with E-state index in [0.29, 0.717) is 11.3 Å². The lowest BCUT2D eigenvalue weighted by Gasteiger charge is -2.17. The lowest BCUT2D eigenvalue weighted by molar-refractivity contribution is -0.147. The molecule has 2 aromatic carbocycles. The van der Waals surface area contributed by atoms with Gasteiger partial charge in [0.05, 0.1) is 17.6 Å². The van der Waals surface area contributed by atoms with Crippen LogP contribution in [0.15, 0.2) is 42.5 Å². The van der Waals surface area contributed by atoms with Crippen LogP contribution in [0.4, 0.5) is 13.2 Å². The highest BCUT2D eigenvalue weighted by Gasteiger charge is 2.37. The molecule has 0 radical (unpaired) electrons. The highest BCUT2D eigenvalue weighted by atomic mass is 19.4. The summed E-state index contributed by atoms with van der Waals surface area (Å²) in [5.41, 5.74) is 2.55. The van der Waals surface area contributed by atoms with Gasteiger partial charge in [0.25, 0.3) is 0 Å². The van der Waals surface area contributed by atoms with E-state index >= 15 is 0 Å². The highest BCUT2D eigenvalue weighted by molar-refractivity contribution is 5.76. The zero-order valence-electron chi connectivity index (χ0n) is 14.4. The molecule has 1 atom stereocenters. The second-order valence-corrected chi connectivity index (χ2v) is 6.27. The number of fused-ring (bicyclic) bond motifs is 1. The number of aliphatic hydroxyl groups excluding tert-OH is 1. The van der Waals surface area contributed by atoms with Crippen molar-refractivity contribution in [3.05, 3.63) is 59.4 Å². The Kier molecular flexibility index (Phi) is 4.91. The molecule has 0 saturated carbocycles. The van der Waals surface area contributed by atoms with Crippen molar-refractivity contribution in [3.8, 4) is 5.75 Å². The molecule has 138 valence electrons. The number of rotatable bonds is 5. The van der Waals surface area contributed by atoms with Gasteiger partial charge in [-0.15, -0.1) is 0 Å². The molecule has 1 N–H and O–H groups in total. The second-order valence-electron chi connectivity index (χ2n) is 6.27. The van der Waals surface area contributed by atoms with Crippen molar-refractivity contribution in [1.82, 2.24) is 9.55 Å². The van der Waals surface area contributed by atoms with Crippen molar-refractivity contribution in [2.24, 2.45) is 0 Å². The number of halogens is 3. The number of alkyl halides is 3. The molecule has 7 heteroatoms. The van der Waals surface area contributed by atoms with Crippen molar-refractivity contribution in [2.75, 3.05) is 6.61 Å². The molecule has 0 saturated heterocycles. The maximum Gasteiger partial charge on any atom is 0.449 e. The summed E-state index contributed by atoms with van der Waals surface area (Å²) in [6.45, 7) is 3.45. The number of ether oxygens (including phenoxy) is 1. The molecule has 0 aliphatic heterocycles. The van der Waals surface area contributed by atoms with Gasteiger partial charge in [0.2, 0.25) is 5.82 Å². The Morgan fingerprint density at radius 2 is 1.88 bits per heavy atom. The summed E-state index contributed by atoms with van der Waals surface area (Å²) >= 11 is 0. The molecule has 3 aromatic rings. The standard InChI is InChI=1S/C19H19F3N2O2/c1-12-7-8-17(13(2)9-12)26-11-14(25)10-24-16-6-4-3-5-15(16)23-18(24)19(20,21)22/h3-9,14,25H,10-11H2,1-2H3. The number of imidazole rings is 1. The Hall–Kier alpha value is -2.54. The first-order chi connectivity index (χ1) is 12.3. The number of hydrogen-bond acceptors (Lipinski definition) is 3. The number of aromatic nitrogens is 2. The summed E-state index contributed by atoms with van der Waals surface area (Å²) in [7, 11) is 0. The second kappa shape index (κ2) is 6.99. The van der Waals surface area contributed by atoms with Gasteiger partial charge < -0.3 is 14.4 Å². The topological polar surface area (TPSA) is 47.3 Å². The van der Waals surface area contributed by atoms with Crippen LogP contribution < -0.4 is 4.74 Å². The number of aryl methyl sites for hydroxylation is 2. The zero-order valence-corrected chi connectivity index (χ0v) is 14.4. The molecule has 3 rings (SSSR count). The van der Waals surface area contributed by atoms with Gasteiger partial charge in [-0.3, -0.25) is 0 Å². The number of nitrogens with zero attached hydrogens (tertiary/aromatic N) is 2. The quantitative estimate of drug-likeness (QED) is 0.741. The largest absolute Gasteiger partial charge is 0.491 e. The maximum absolute atomic E-state index is 13.3. The zero-order chi connectivity index (χ0) is 18.9. The smallest absolute Gasteiger partial charge is 0.449 e. The van der Waals surface area contributed by atoms with Crippen molar-refractivity contribution < 1.29 is 23.0 Å². The van der Waals surface area contributed by atoms with Crippen molar-refractivity contribution >= 4 is 11.0 Å². The fraction of sp³-hybridized carbons (Fsp3) is 0.316. The van der Waals surface area contributed by atoms with Crippen LogP contribution in [0.1, 0.15) is 17.0 Å². The van der Waals surface area contributed by atoms with Crippen LogP contribution in [-0.2, 0) is 12.7 Å². The molecule has 1 aromatic heterocycles. The van der Waals surface area contributed by atoms with E-state index < -0.39 is 18.1 Å². The third-order valence-corrected chi connectivity index (χ3v) is 4.06. The number of benzene rings is 2. The van der Waals surface area contributed by atoms with E-state index in [1.54, 1.807) is 24.3 Å². The predicted molar refractivity (Wildman–Crippen MR) is 92.2 cm³/mol. The lowest BCUT2D eigenvalue weighted by atomic mass is 10.1. The van der Waals surface area contributed by atoms with Gasteiger partial charge in [0.1, 0.15) is 18.5 Å². The Morgan fingerprint density at radius 3 is 2.58 bits per heavy atom. The van der Waals surface area contributed by atoms with Crippen LogP contribution in [0.5, 0.6) is 5.75 Å². The van der Waals surface area contributed by atoms with Gasteiger partial charge in [0, 0.05) is 0 Å². The van der Waals surface area contributed by atoms with Crippen LogP contribution >= 0.6 is 0 Å². The Morgan fingerprint density at radius 1 is 1.15 bits per heavy atom. The van der Waals surface area contributed by atoms with Gasteiger partial charge in [-0.05, 0) is 37.6 Å². The number of para-hydroxylation sites is 2. The summed E-state index contributed by atoms with van der Waals surface area (Å²) in [5.74, 6) is -0.426. The van der Waals surface area contributed by atoms with Gasteiger partial charge in [-0.2, -0.15) is 13.2 Å². The van der Waals surface area contributed by atoms with Gasteiger partial charge >= 0.3 is 6.18 Å². The minimum atomic E-state index is -4.60. The summed E-state index contributed by atoms with van der Waals surface area (Å²) in [6.07, 6.45) is -5.72. The average Bonchev–Trinajstić information content (AvgIpc) is 2.93. The molecule has 0 bridgehead atoms. The molecule has 0 aliphatic rings. The van der Waals surface area contributed by atoms with E-state index in [2.05, 4.69) is 4.98 Å². The molecular weight excluding hydrogens is 345 g/mol. The molecule has 26 heavy (non-hydrogen) atoms. The first kappa shape index (κ1) is 18.3. The van der Waals surface area contributed by atoms with E-state index in [4.69, 9.17) is 4.74 Å². The molecule has 1 heterocycles. The molecule has 1 unspecified atom stereocenters. The minimum Gasteiger partial charge on any atom is -0.491 e. The van der Waals surface area contributed by atoms with Crippen LogP contribution in [0.25, 0.3) is 11.0 Å². The summed E-state index contributed by atoms with van der Waals surface area (Å²) < 4.78 is 46.4. The normalized spacial score (nSPS) is 13.2. The Bertz CT molecular complexity index is 919. The van der Waals surface area contributed by atoms with Crippen LogP contribution in [0, 0.1) is 13.8 Å². The molecule has 0 amide bonds. The highest BCUT2D eigenvalue weighted by Crippen LogP contribution is 2.31. The summed E-state index contributed by atoms with van der Waals surface area (Å²) in [4.78, 5) is 3.67. The van der Waals surface area contributed by atoms with Gasteiger partial charge in [0.15, 0.2) is 0 Å². The minimum absolute atomic E-state index is 0.117. The van der Waals surface area contributed by atoms with Crippen LogP contribution in [0.3, 0.4) is 0 Å². The van der Waals surface area contributed by atoms with Gasteiger partial charge in [-0.25, -0.2) is 4.98 Å². The Labute approximate surface area is 148 Å². The van der Waals surface area contributed by atoms with E-state index in [9.17, 15) is 18.3 Å². The number of hydrogen-bond donors (Lipinski definition) is 1. The van der Waals surface area contributed by atoms with E-state index in [1.165, 1.54) is 6.07 Å². The van der Waals surface area contributed by atoms with E-state index in [1.807, 2.05) is 26.0 Å². The predicted octanol–water partition coefficient (Wildman–Crippen LogP) is 4.11. The number of aliphatic hydroxyl groups is 1. The van der Waals surface area contributed by atoms with Crippen molar-refractivity contribution in [2.45, 2.75) is 32.7 Å². The van der Waals surface area contributed by atoms with Crippen molar-refractivity contribution in [3.63, 3.8) is 0 Å². The maximum atomic E-state index is 13.3. The SMILES string of the molecule is Cc1ccc(OCC(O)Cn2c(C(F)(F)F)nc3ccccc32)c(C)c1. The first-order valence-electron chi connectivity index (χ1n) is 8.16. The third-order valence-electron chi connectivity index (χ3n) is 4.06. The molecule has 0 fully saturated rings. The fourth-order valence-electron chi connectivity index (χ4n) is 2.89. The van der Waals surface area contributed by atoms with Crippen molar-refractivity contribution in [1.29, 1.82) is 0 Å². The molecular formula is C19H19F3N2O2. The van der Waals surface area contributed by atoms with E-state index in [-0.39, 0.29) is 18.7 Å². The van der Waals surface area contributed by atoms with Crippen LogP contribution in [0.2, 0.25) is 0 Å². The molecule has 4 nitrogen and oxygen atoms in total. The first-order valence-corrected chi connectivity index (χ1v) is 8.16. The molecule has 0 spiro atoms. The van der Waals surface area contributed by atoms with Crippen LogP contribution in [-0.4, -0.2) is 27.4 Å². The lowest BCUT2D eigenvalue weighted by Crippen LogP contribution is -2.26. The Balaban J connectivity index is 1.79. The monoisotopic (exact) mass is 364 g/mol. The van der Waals surface area contributed by atoms with Gasteiger partial charge in [-0.1, -0.05) is 29.8 Å². The summed E-state index contributed by atoms with van der Waals surface area (Å²) in [6, 6.07) is 11.9. The molecule has 0 aliphatic carbocycles.